The van der Waals surface area contributed by atoms with E-state index >= 15 is 0 Å². The summed E-state index contributed by atoms with van der Waals surface area (Å²) >= 11 is 0. The molecule has 0 spiro atoms. The van der Waals surface area contributed by atoms with Gasteiger partial charge in [-0.15, -0.1) is 0 Å². The Morgan fingerprint density at radius 3 is 2.70 bits per heavy atom. The van der Waals surface area contributed by atoms with E-state index in [0.717, 1.165) is 12.2 Å². The van der Waals surface area contributed by atoms with Crippen molar-refractivity contribution in [1.82, 2.24) is 4.90 Å². The van der Waals surface area contributed by atoms with Crippen LogP contribution < -0.4 is 10.1 Å². The van der Waals surface area contributed by atoms with Gasteiger partial charge in [0.05, 0.1) is 23.8 Å². The number of fused-ring (bicyclic) bond motifs is 3. The van der Waals surface area contributed by atoms with Crippen LogP contribution in [0.4, 0.5) is 11.4 Å². The van der Waals surface area contributed by atoms with Gasteiger partial charge < -0.3 is 15.0 Å². The van der Waals surface area contributed by atoms with E-state index in [4.69, 9.17) is 4.74 Å². The van der Waals surface area contributed by atoms with Crippen LogP contribution in [0.5, 0.6) is 5.75 Å². The topological polar surface area (TPSA) is 67.6 Å². The third-order valence-corrected chi connectivity index (χ3v) is 4.39. The van der Waals surface area contributed by atoms with E-state index in [2.05, 4.69) is 10.2 Å². The number of nitro groups is 1. The highest BCUT2D eigenvalue weighted by Gasteiger charge is 2.34. The molecule has 20 heavy (non-hydrogen) atoms. The Labute approximate surface area is 117 Å². The average Bonchev–Trinajstić information content (AvgIpc) is 2.48. The lowest BCUT2D eigenvalue weighted by Gasteiger charge is -2.45. The summed E-state index contributed by atoms with van der Waals surface area (Å²) in [5, 5.41) is 14.3. The zero-order chi connectivity index (χ0) is 14.1. The van der Waals surface area contributed by atoms with Gasteiger partial charge in [0, 0.05) is 18.7 Å². The summed E-state index contributed by atoms with van der Waals surface area (Å²) in [6.07, 6.45) is 2.46. The van der Waals surface area contributed by atoms with Crippen LogP contribution in [-0.2, 0) is 0 Å². The predicted octanol–water partition coefficient (Wildman–Crippen LogP) is 2.11. The van der Waals surface area contributed by atoms with Crippen molar-refractivity contribution in [3.8, 4) is 5.75 Å². The fraction of sp³-hybridized carbons (Fsp3) is 0.571. The third kappa shape index (κ3) is 2.43. The van der Waals surface area contributed by atoms with Crippen molar-refractivity contribution in [2.75, 3.05) is 32.1 Å². The first kappa shape index (κ1) is 13.2. The molecule has 1 atom stereocenters. The third-order valence-electron chi connectivity index (χ3n) is 4.39. The van der Waals surface area contributed by atoms with E-state index in [1.807, 2.05) is 0 Å². The summed E-state index contributed by atoms with van der Waals surface area (Å²) in [7, 11) is 1.54. The van der Waals surface area contributed by atoms with Crippen molar-refractivity contribution < 1.29 is 9.66 Å². The van der Waals surface area contributed by atoms with Gasteiger partial charge in [0.2, 0.25) is 0 Å². The number of piperidine rings is 3. The lowest BCUT2D eigenvalue weighted by atomic mass is 9.84. The molecule has 0 aromatic heterocycles. The Hall–Kier alpha value is -1.82. The Balaban J connectivity index is 1.78. The van der Waals surface area contributed by atoms with Crippen LogP contribution in [0.2, 0.25) is 0 Å². The first-order valence-corrected chi connectivity index (χ1v) is 6.98. The minimum absolute atomic E-state index is 0.0568. The van der Waals surface area contributed by atoms with Gasteiger partial charge in [-0.2, -0.15) is 0 Å². The van der Waals surface area contributed by atoms with Crippen molar-refractivity contribution in [1.29, 1.82) is 0 Å². The number of ether oxygens (including phenoxy) is 1. The van der Waals surface area contributed by atoms with Gasteiger partial charge in [-0.3, -0.25) is 10.1 Å². The normalized spacial score (nSPS) is 28.1. The van der Waals surface area contributed by atoms with Crippen molar-refractivity contribution in [2.24, 2.45) is 5.92 Å². The van der Waals surface area contributed by atoms with Gasteiger partial charge >= 0.3 is 0 Å². The van der Waals surface area contributed by atoms with Crippen LogP contribution in [0.3, 0.4) is 0 Å². The number of hydrogen-bond donors (Lipinski definition) is 1. The summed E-state index contributed by atoms with van der Waals surface area (Å²) in [4.78, 5) is 12.9. The molecule has 3 aliphatic rings. The molecule has 1 aromatic rings. The van der Waals surface area contributed by atoms with Crippen LogP contribution in [0, 0.1) is 16.0 Å². The van der Waals surface area contributed by atoms with Crippen LogP contribution in [0.15, 0.2) is 18.2 Å². The summed E-state index contributed by atoms with van der Waals surface area (Å²) < 4.78 is 5.28. The van der Waals surface area contributed by atoms with Crippen LogP contribution in [0.1, 0.15) is 12.8 Å². The Kier molecular flexibility index (Phi) is 3.48. The SMILES string of the molecule is COc1cc([N+](=O)[O-])ccc1NC1CN2CCC1CC2. The zero-order valence-electron chi connectivity index (χ0n) is 11.5. The van der Waals surface area contributed by atoms with Crippen molar-refractivity contribution in [2.45, 2.75) is 18.9 Å². The summed E-state index contributed by atoms with van der Waals surface area (Å²) in [6, 6.07) is 5.15. The number of rotatable bonds is 4. The lowest BCUT2D eigenvalue weighted by molar-refractivity contribution is -0.384. The molecule has 3 fully saturated rings. The van der Waals surface area contributed by atoms with Gasteiger partial charge in [-0.1, -0.05) is 0 Å². The fourth-order valence-corrected chi connectivity index (χ4v) is 3.24. The van der Waals surface area contributed by atoms with Crippen molar-refractivity contribution in [3.05, 3.63) is 28.3 Å². The van der Waals surface area contributed by atoms with Crippen molar-refractivity contribution >= 4 is 11.4 Å². The van der Waals surface area contributed by atoms with E-state index < -0.39 is 4.92 Å². The largest absolute Gasteiger partial charge is 0.494 e. The molecule has 2 bridgehead atoms. The summed E-state index contributed by atoms with van der Waals surface area (Å²) in [5.41, 5.74) is 0.901. The molecule has 4 rings (SSSR count). The standard InChI is InChI=1S/C14H19N3O3/c1-20-14-8-11(17(18)19)2-3-12(14)15-13-9-16-6-4-10(13)5-7-16/h2-3,8,10,13,15H,4-7,9H2,1H3. The summed E-state index contributed by atoms with van der Waals surface area (Å²) in [5.74, 6) is 1.23. The first-order chi connectivity index (χ1) is 9.67. The number of anilines is 1. The number of nitrogens with zero attached hydrogens (tertiary/aromatic N) is 2. The number of benzene rings is 1. The maximum Gasteiger partial charge on any atom is 0.273 e. The number of nitrogens with one attached hydrogen (secondary N) is 1. The molecule has 0 saturated carbocycles. The molecule has 0 radical (unpaired) electrons. The molecule has 0 amide bonds. The highest BCUT2D eigenvalue weighted by atomic mass is 16.6. The molecule has 1 N–H and O–H groups in total. The highest BCUT2D eigenvalue weighted by molar-refractivity contribution is 5.61. The molecule has 108 valence electrons. The van der Waals surface area contributed by atoms with Gasteiger partial charge in [-0.25, -0.2) is 0 Å². The molecule has 6 nitrogen and oxygen atoms in total. The van der Waals surface area contributed by atoms with Crippen molar-refractivity contribution in [3.63, 3.8) is 0 Å². The Morgan fingerprint density at radius 1 is 1.40 bits per heavy atom. The Bertz CT molecular complexity index is 512. The maximum atomic E-state index is 10.8. The van der Waals surface area contributed by atoms with E-state index in [1.165, 1.54) is 38.1 Å². The van der Waals surface area contributed by atoms with E-state index in [-0.39, 0.29) is 5.69 Å². The molecular formula is C14H19N3O3. The molecule has 3 heterocycles. The first-order valence-electron chi connectivity index (χ1n) is 6.98. The molecular weight excluding hydrogens is 258 g/mol. The molecule has 0 aliphatic carbocycles. The average molecular weight is 277 g/mol. The van der Waals surface area contributed by atoms with Gasteiger partial charge in [0.1, 0.15) is 5.75 Å². The monoisotopic (exact) mass is 277 g/mol. The second-order valence-electron chi connectivity index (χ2n) is 5.53. The van der Waals surface area contributed by atoms with Gasteiger partial charge in [0.15, 0.2) is 0 Å². The van der Waals surface area contributed by atoms with Gasteiger partial charge in [-0.05, 0) is 37.9 Å². The lowest BCUT2D eigenvalue weighted by Crippen LogP contribution is -2.53. The number of non-ortho nitro benzene ring substituents is 1. The van der Waals surface area contributed by atoms with Crippen LogP contribution in [-0.4, -0.2) is 42.6 Å². The molecule has 3 saturated heterocycles. The Morgan fingerprint density at radius 2 is 2.15 bits per heavy atom. The zero-order valence-corrected chi connectivity index (χ0v) is 11.5. The highest BCUT2D eigenvalue weighted by Crippen LogP contribution is 2.34. The smallest absolute Gasteiger partial charge is 0.273 e. The second kappa shape index (κ2) is 5.28. The minimum atomic E-state index is -0.402. The van der Waals surface area contributed by atoms with E-state index in [9.17, 15) is 10.1 Å². The van der Waals surface area contributed by atoms with E-state index in [1.54, 1.807) is 13.2 Å². The van der Waals surface area contributed by atoms with Crippen LogP contribution in [0.25, 0.3) is 0 Å². The molecule has 1 aromatic carbocycles. The molecule has 1 unspecified atom stereocenters. The number of hydrogen-bond acceptors (Lipinski definition) is 5. The molecule has 3 aliphatic heterocycles. The second-order valence-corrected chi connectivity index (χ2v) is 5.53. The quantitative estimate of drug-likeness (QED) is 0.674. The number of methoxy groups -OCH3 is 1. The summed E-state index contributed by atoms with van der Waals surface area (Å²) in [6.45, 7) is 3.44. The number of nitro benzene ring substituents is 1. The van der Waals surface area contributed by atoms with Gasteiger partial charge in [0.25, 0.3) is 5.69 Å². The maximum absolute atomic E-state index is 10.8. The minimum Gasteiger partial charge on any atom is -0.494 e. The van der Waals surface area contributed by atoms with E-state index in [0.29, 0.717) is 17.7 Å². The molecule has 6 heteroatoms. The van der Waals surface area contributed by atoms with Crippen LogP contribution >= 0.6 is 0 Å². The fourth-order valence-electron chi connectivity index (χ4n) is 3.24. The predicted molar refractivity (Wildman–Crippen MR) is 76.2 cm³/mol.